The van der Waals surface area contributed by atoms with Crippen LogP contribution in [0.1, 0.15) is 38.3 Å². The molecule has 0 bridgehead atoms. The van der Waals surface area contributed by atoms with Gasteiger partial charge in [0.2, 0.25) is 0 Å². The van der Waals surface area contributed by atoms with Crippen LogP contribution >= 0.6 is 0 Å². The molecule has 3 rings (SSSR count). The molecule has 2 radical (unpaired) electrons. The van der Waals surface area contributed by atoms with Gasteiger partial charge >= 0.3 is 0 Å². The molecule has 1 N–H and O–H groups in total. The first-order chi connectivity index (χ1) is 12.0. The van der Waals surface area contributed by atoms with Crippen LogP contribution in [0.4, 0.5) is 0 Å². The summed E-state index contributed by atoms with van der Waals surface area (Å²) >= 11 is 0. The predicted molar refractivity (Wildman–Crippen MR) is 111 cm³/mol. The van der Waals surface area contributed by atoms with Crippen molar-refractivity contribution in [1.29, 1.82) is 0 Å². The monoisotopic (exact) mass is 390 g/mol. The third-order valence-corrected chi connectivity index (χ3v) is 13.1. The molecule has 3 nitrogen and oxygen atoms in total. The van der Waals surface area contributed by atoms with E-state index in [1.54, 1.807) is 0 Å². The van der Waals surface area contributed by atoms with Gasteiger partial charge in [0.1, 0.15) is 5.60 Å². The molecule has 144 valence electrons. The fourth-order valence-corrected chi connectivity index (χ4v) is 7.00. The smallest absolute Gasteiger partial charge is 0.192 e. The second-order valence-corrected chi connectivity index (χ2v) is 15.7. The van der Waals surface area contributed by atoms with Crippen molar-refractivity contribution in [2.24, 2.45) is 5.92 Å². The van der Waals surface area contributed by atoms with Crippen molar-refractivity contribution in [2.75, 3.05) is 6.61 Å². The van der Waals surface area contributed by atoms with Gasteiger partial charge in [0, 0.05) is 12.3 Å². The van der Waals surface area contributed by atoms with Gasteiger partial charge in [-0.15, -0.1) is 0 Å². The maximum atomic E-state index is 10.0. The van der Waals surface area contributed by atoms with E-state index in [0.717, 1.165) is 22.0 Å². The van der Waals surface area contributed by atoms with Gasteiger partial charge in [-0.2, -0.15) is 0 Å². The number of aliphatic hydroxyl groups excluding tert-OH is 1. The molecule has 1 aliphatic heterocycles. The minimum atomic E-state index is -1.83. The number of hydrogen-bond donors (Lipinski definition) is 1. The highest BCUT2D eigenvalue weighted by Gasteiger charge is 2.69. The standard InChI is InChI=1S/C21H34O3Si2/c1-14-9-8-10-18(15(14)2)25-12-16-17(11-19-21(16,13-22)23-19)24-26(6,7)20(3,4)5/h8-10,16-17,19,22H,11-13H2,1-7H3/t16-,17+,19-,21+/m1/s1. The van der Waals surface area contributed by atoms with Crippen molar-refractivity contribution in [3.8, 4) is 0 Å². The molecule has 2 fully saturated rings. The second-order valence-electron chi connectivity index (χ2n) is 9.61. The molecule has 0 unspecified atom stereocenters. The zero-order chi connectivity index (χ0) is 19.3. The lowest BCUT2D eigenvalue weighted by atomic mass is 9.96. The molecule has 0 spiro atoms. The molecule has 2 aliphatic rings. The quantitative estimate of drug-likeness (QED) is 0.596. The molecule has 1 aromatic carbocycles. The average molecular weight is 391 g/mol. The summed E-state index contributed by atoms with van der Waals surface area (Å²) in [6.07, 6.45) is 1.35. The lowest BCUT2D eigenvalue weighted by Gasteiger charge is -2.41. The van der Waals surface area contributed by atoms with Gasteiger partial charge in [-0.1, -0.05) is 44.2 Å². The number of rotatable bonds is 6. The average Bonchev–Trinajstić information content (AvgIpc) is 3.16. The van der Waals surface area contributed by atoms with E-state index in [-0.39, 0.29) is 29.5 Å². The van der Waals surface area contributed by atoms with E-state index in [4.69, 9.17) is 9.16 Å². The van der Waals surface area contributed by atoms with Gasteiger partial charge in [0.25, 0.3) is 0 Å². The van der Waals surface area contributed by atoms with Crippen molar-refractivity contribution in [2.45, 2.75) is 83.0 Å². The third-order valence-electron chi connectivity index (χ3n) is 6.99. The summed E-state index contributed by atoms with van der Waals surface area (Å²) in [6.45, 7) is 16.0. The maximum absolute atomic E-state index is 10.0. The Kier molecular flexibility index (Phi) is 5.34. The molecule has 26 heavy (non-hydrogen) atoms. The number of aliphatic hydroxyl groups is 1. The first-order valence-electron chi connectivity index (χ1n) is 9.78. The van der Waals surface area contributed by atoms with Crippen LogP contribution in [0.5, 0.6) is 0 Å². The molecule has 5 heteroatoms. The van der Waals surface area contributed by atoms with Gasteiger partial charge in [0.15, 0.2) is 8.32 Å². The summed E-state index contributed by atoms with van der Waals surface area (Å²) in [5.74, 6) is 0.296. The Morgan fingerprint density at radius 1 is 1.31 bits per heavy atom. The lowest BCUT2D eigenvalue weighted by Crippen LogP contribution is -2.47. The predicted octanol–water partition coefficient (Wildman–Crippen LogP) is 3.59. The van der Waals surface area contributed by atoms with Crippen molar-refractivity contribution in [3.63, 3.8) is 0 Å². The Bertz CT molecular complexity index is 664. The Balaban J connectivity index is 1.76. The van der Waals surface area contributed by atoms with E-state index in [2.05, 4.69) is 65.9 Å². The number of hydrogen-bond acceptors (Lipinski definition) is 3. The molecule has 1 heterocycles. The Hall–Kier alpha value is -0.466. The Morgan fingerprint density at radius 3 is 2.62 bits per heavy atom. The van der Waals surface area contributed by atoms with E-state index in [1.165, 1.54) is 16.3 Å². The van der Waals surface area contributed by atoms with Crippen LogP contribution in [0.25, 0.3) is 0 Å². The van der Waals surface area contributed by atoms with Crippen molar-refractivity contribution in [3.05, 3.63) is 29.3 Å². The van der Waals surface area contributed by atoms with Crippen LogP contribution in [0.15, 0.2) is 18.2 Å². The highest BCUT2D eigenvalue weighted by Crippen LogP contribution is 2.57. The van der Waals surface area contributed by atoms with E-state index in [0.29, 0.717) is 5.92 Å². The van der Waals surface area contributed by atoms with Crippen LogP contribution in [0, 0.1) is 19.8 Å². The van der Waals surface area contributed by atoms with Crippen LogP contribution in [-0.2, 0) is 9.16 Å². The molecule has 1 aromatic rings. The topological polar surface area (TPSA) is 42.0 Å². The zero-order valence-corrected chi connectivity index (χ0v) is 19.3. The summed E-state index contributed by atoms with van der Waals surface area (Å²) in [4.78, 5) is 0. The van der Waals surface area contributed by atoms with Gasteiger partial charge in [0.05, 0.1) is 28.3 Å². The van der Waals surface area contributed by atoms with Crippen LogP contribution in [0.3, 0.4) is 0 Å². The lowest BCUT2D eigenvalue weighted by molar-refractivity contribution is 0.0375. The fraction of sp³-hybridized carbons (Fsp3) is 0.714. The number of benzene rings is 1. The normalized spacial score (nSPS) is 31.2. The second kappa shape index (κ2) is 6.85. The molecular formula is C21H34O3Si2. The summed E-state index contributed by atoms with van der Waals surface area (Å²) in [5.41, 5.74) is 2.42. The maximum Gasteiger partial charge on any atom is 0.192 e. The third kappa shape index (κ3) is 3.49. The summed E-state index contributed by atoms with van der Waals surface area (Å²) in [7, 11) is -1.10. The van der Waals surface area contributed by atoms with Gasteiger partial charge < -0.3 is 14.3 Å². The molecular weight excluding hydrogens is 356 g/mol. The van der Waals surface area contributed by atoms with Gasteiger partial charge in [-0.3, -0.25) is 0 Å². The SMILES string of the molecule is Cc1cccc([Si]C[C@@H]2[C@@H](O[Si](C)(C)C(C)(C)C)C[C@H]3O[C@@]23CO)c1C. The van der Waals surface area contributed by atoms with Crippen molar-refractivity contribution >= 4 is 23.0 Å². The Labute approximate surface area is 162 Å². The summed E-state index contributed by atoms with van der Waals surface area (Å²) in [5, 5.41) is 11.7. The van der Waals surface area contributed by atoms with E-state index < -0.39 is 8.32 Å². The molecule has 1 saturated heterocycles. The number of fused-ring (bicyclic) bond motifs is 1. The van der Waals surface area contributed by atoms with E-state index >= 15 is 0 Å². The fourth-order valence-electron chi connectivity index (χ4n) is 3.90. The summed E-state index contributed by atoms with van der Waals surface area (Å²) in [6, 6.07) is 7.62. The van der Waals surface area contributed by atoms with Crippen LogP contribution in [0.2, 0.25) is 24.2 Å². The number of ether oxygens (including phenoxy) is 1. The zero-order valence-electron chi connectivity index (χ0n) is 17.3. The highest BCUT2D eigenvalue weighted by molar-refractivity contribution is 6.74. The van der Waals surface area contributed by atoms with E-state index in [1.807, 2.05) is 0 Å². The highest BCUT2D eigenvalue weighted by atomic mass is 28.4. The van der Waals surface area contributed by atoms with Crippen molar-refractivity contribution < 1.29 is 14.3 Å². The molecule has 0 amide bonds. The first-order valence-corrected chi connectivity index (χ1v) is 13.9. The summed E-state index contributed by atoms with van der Waals surface area (Å²) < 4.78 is 12.8. The number of aryl methyl sites for hydroxylation is 1. The van der Waals surface area contributed by atoms with Gasteiger partial charge in [-0.25, -0.2) is 0 Å². The molecule has 4 atom stereocenters. The Morgan fingerprint density at radius 2 is 2.00 bits per heavy atom. The van der Waals surface area contributed by atoms with Gasteiger partial charge in [-0.05, 0) is 49.2 Å². The minimum Gasteiger partial charge on any atom is -0.413 e. The molecule has 0 aromatic heterocycles. The van der Waals surface area contributed by atoms with Crippen LogP contribution in [-0.4, -0.2) is 47.4 Å². The first kappa shape index (κ1) is 20.3. The molecule has 1 saturated carbocycles. The van der Waals surface area contributed by atoms with Crippen molar-refractivity contribution in [1.82, 2.24) is 0 Å². The molecule has 1 aliphatic carbocycles. The minimum absolute atomic E-state index is 0.122. The van der Waals surface area contributed by atoms with E-state index in [9.17, 15) is 5.11 Å². The largest absolute Gasteiger partial charge is 0.413 e. The van der Waals surface area contributed by atoms with Crippen LogP contribution < -0.4 is 5.19 Å². The number of epoxide rings is 1.